The van der Waals surface area contributed by atoms with Gasteiger partial charge < -0.3 is 13.6 Å². The summed E-state index contributed by atoms with van der Waals surface area (Å²) < 4.78 is 5.71. The highest BCUT2D eigenvalue weighted by Crippen LogP contribution is 2.30. The monoisotopic (exact) mass is 441 g/mol. The third-order valence-electron chi connectivity index (χ3n) is 5.06. The van der Waals surface area contributed by atoms with Gasteiger partial charge in [-0.05, 0) is 49.1 Å². The van der Waals surface area contributed by atoms with Crippen LogP contribution < -0.4 is 4.90 Å². The average Bonchev–Trinajstić information content (AvgIpc) is 3.23. The molecule has 1 aliphatic rings. The van der Waals surface area contributed by atoms with Crippen LogP contribution in [0.3, 0.4) is 0 Å². The van der Waals surface area contributed by atoms with E-state index in [0.717, 1.165) is 18.7 Å². The zero-order chi connectivity index (χ0) is 22.9. The van der Waals surface area contributed by atoms with Crippen LogP contribution in [0.1, 0.15) is 16.7 Å². The minimum Gasteiger partial charge on any atom is -0.500 e. The lowest BCUT2D eigenvalue weighted by Crippen LogP contribution is -2.25. The summed E-state index contributed by atoms with van der Waals surface area (Å²) >= 11 is -0.920. The van der Waals surface area contributed by atoms with E-state index in [2.05, 4.69) is 96.5 Å². The number of anilines is 1. The van der Waals surface area contributed by atoms with Crippen LogP contribution in [-0.2, 0) is 3.79 Å². The van der Waals surface area contributed by atoms with Crippen LogP contribution in [0.4, 0.5) is 5.69 Å². The Morgan fingerprint density at radius 3 is 2.22 bits per heavy atom. The van der Waals surface area contributed by atoms with Gasteiger partial charge in [0.05, 0.1) is 0 Å². The first-order valence-corrected chi connectivity index (χ1v) is 13.9. The molecule has 0 saturated heterocycles. The smallest absolute Gasteiger partial charge is 0.454 e. The Balaban J connectivity index is 0.000000204. The Labute approximate surface area is 197 Å². The lowest BCUT2D eigenvalue weighted by molar-refractivity contribution is 0.282. The fourth-order valence-electron chi connectivity index (χ4n) is 3.70. The molecular formula is C27H32AlN3O. The number of hydrogen-bond acceptors (Lipinski definition) is 4. The van der Waals surface area contributed by atoms with E-state index in [9.17, 15) is 0 Å². The molecule has 5 heteroatoms. The molecule has 32 heavy (non-hydrogen) atoms. The Kier molecular flexibility index (Phi) is 8.93. The van der Waals surface area contributed by atoms with Crippen LogP contribution in [0.25, 0.3) is 11.1 Å². The van der Waals surface area contributed by atoms with Gasteiger partial charge in [0.2, 0.25) is 6.67 Å². The molecule has 0 N–H and O–H groups in total. The van der Waals surface area contributed by atoms with Gasteiger partial charge in [-0.3, -0.25) is 4.98 Å². The minimum absolute atomic E-state index is 0.779. The topological polar surface area (TPSA) is 28.6 Å². The molecule has 0 bridgehead atoms. The van der Waals surface area contributed by atoms with Crippen LogP contribution in [-0.4, -0.2) is 37.5 Å². The van der Waals surface area contributed by atoms with Crippen molar-refractivity contribution in [2.45, 2.75) is 32.3 Å². The Bertz CT molecular complexity index is 945. The van der Waals surface area contributed by atoms with Crippen molar-refractivity contribution in [2.75, 3.05) is 18.1 Å². The predicted octanol–water partition coefficient (Wildman–Crippen LogP) is 6.22. The molecule has 2 heterocycles. The van der Waals surface area contributed by atoms with Gasteiger partial charge >= 0.3 is 14.5 Å². The second kappa shape index (κ2) is 11.9. The van der Waals surface area contributed by atoms with Crippen molar-refractivity contribution in [2.24, 2.45) is 0 Å². The molecule has 1 aromatic heterocycles. The highest BCUT2D eigenvalue weighted by atomic mass is 27.2. The maximum Gasteiger partial charge on any atom is 0.454 e. The summed E-state index contributed by atoms with van der Waals surface area (Å²) in [7, 11) is 0. The fourth-order valence-corrected chi connectivity index (χ4v) is 4.28. The van der Waals surface area contributed by atoms with Crippen molar-refractivity contribution >= 4 is 20.2 Å². The number of hydrogen-bond donors (Lipinski definition) is 0. The van der Waals surface area contributed by atoms with E-state index in [-0.39, 0.29) is 0 Å². The van der Waals surface area contributed by atoms with Crippen molar-refractivity contribution < 1.29 is 3.79 Å². The molecular weight excluding hydrogens is 409 g/mol. The van der Waals surface area contributed by atoms with Gasteiger partial charge in [0.15, 0.2) is 0 Å². The summed E-state index contributed by atoms with van der Waals surface area (Å²) in [5.74, 6) is 4.39. The quantitative estimate of drug-likeness (QED) is 0.425. The van der Waals surface area contributed by atoms with E-state index in [1.165, 1.54) is 27.9 Å². The number of benzene rings is 2. The Morgan fingerprint density at radius 1 is 0.906 bits per heavy atom. The van der Waals surface area contributed by atoms with Gasteiger partial charge in [-0.15, -0.1) is 0 Å². The van der Waals surface area contributed by atoms with E-state index >= 15 is 0 Å². The van der Waals surface area contributed by atoms with Crippen molar-refractivity contribution in [3.8, 4) is 11.1 Å². The van der Waals surface area contributed by atoms with Crippen molar-refractivity contribution in [1.82, 2.24) is 9.88 Å². The lowest BCUT2D eigenvalue weighted by Gasteiger charge is -2.23. The molecule has 2 aromatic carbocycles. The SMILES string of the molecule is Cc1cc(C)c(N2[C]N(CC[O][Al]([CH3])[CH3])C=C2)c(C)c1.c1ccc(-c2cccnc2)cc1. The number of rotatable bonds is 6. The molecule has 0 atom stereocenters. The molecule has 2 radical (unpaired) electrons. The van der Waals surface area contributed by atoms with E-state index < -0.39 is 14.5 Å². The van der Waals surface area contributed by atoms with Gasteiger partial charge in [-0.2, -0.15) is 0 Å². The summed E-state index contributed by atoms with van der Waals surface area (Å²) in [5.41, 5.74) is 7.48. The number of aryl methyl sites for hydroxylation is 3. The number of nitrogens with zero attached hydrogens (tertiary/aromatic N) is 3. The van der Waals surface area contributed by atoms with Crippen LogP contribution in [0.5, 0.6) is 0 Å². The van der Waals surface area contributed by atoms with Crippen LogP contribution in [0.15, 0.2) is 79.4 Å². The summed E-state index contributed by atoms with van der Waals surface area (Å²) in [5, 5.41) is 0. The first kappa shape index (κ1) is 24.1. The predicted molar refractivity (Wildman–Crippen MR) is 135 cm³/mol. The summed E-state index contributed by atoms with van der Waals surface area (Å²) in [6, 6.07) is 18.7. The molecule has 4 rings (SSSR count). The lowest BCUT2D eigenvalue weighted by atomic mass is 10.0. The Morgan fingerprint density at radius 2 is 1.59 bits per heavy atom. The van der Waals surface area contributed by atoms with E-state index in [0.29, 0.717) is 0 Å². The van der Waals surface area contributed by atoms with Crippen molar-refractivity contribution in [3.63, 3.8) is 0 Å². The van der Waals surface area contributed by atoms with Gasteiger partial charge in [-0.1, -0.05) is 65.7 Å². The number of pyridine rings is 1. The van der Waals surface area contributed by atoms with Crippen LogP contribution in [0.2, 0.25) is 11.6 Å². The van der Waals surface area contributed by atoms with E-state index in [4.69, 9.17) is 3.79 Å². The zero-order valence-corrected chi connectivity index (χ0v) is 20.9. The van der Waals surface area contributed by atoms with Gasteiger partial charge in [-0.25, -0.2) is 0 Å². The molecule has 4 nitrogen and oxygen atoms in total. The largest absolute Gasteiger partial charge is 0.500 e. The molecule has 0 unspecified atom stereocenters. The Hall–Kier alpha value is -2.58. The first-order valence-electron chi connectivity index (χ1n) is 11.1. The van der Waals surface area contributed by atoms with Gasteiger partial charge in [0.1, 0.15) is 0 Å². The summed E-state index contributed by atoms with van der Waals surface area (Å²) in [4.78, 5) is 8.21. The van der Waals surface area contributed by atoms with Gasteiger partial charge in [0, 0.05) is 43.6 Å². The maximum atomic E-state index is 5.71. The zero-order valence-electron chi connectivity index (χ0n) is 19.7. The van der Waals surface area contributed by atoms with Crippen molar-refractivity contribution in [1.29, 1.82) is 0 Å². The van der Waals surface area contributed by atoms with Gasteiger partial charge in [0.25, 0.3) is 0 Å². The molecule has 1 aliphatic heterocycles. The molecule has 0 spiro atoms. The molecule has 0 amide bonds. The normalized spacial score (nSPS) is 12.5. The van der Waals surface area contributed by atoms with Crippen molar-refractivity contribution in [3.05, 3.63) is 103 Å². The highest BCUT2D eigenvalue weighted by molar-refractivity contribution is 6.48. The fraction of sp³-hybridized carbons (Fsp3) is 0.259. The second-order valence-electron chi connectivity index (χ2n) is 8.24. The molecule has 0 fully saturated rings. The summed E-state index contributed by atoms with van der Waals surface area (Å²) in [6.07, 6.45) is 7.78. The molecule has 164 valence electrons. The molecule has 0 saturated carbocycles. The average molecular weight is 442 g/mol. The minimum atomic E-state index is -0.920. The third-order valence-corrected chi connectivity index (χ3v) is 5.96. The highest BCUT2D eigenvalue weighted by Gasteiger charge is 2.19. The molecule has 3 aromatic rings. The van der Waals surface area contributed by atoms with E-state index in [1.54, 1.807) is 6.20 Å². The van der Waals surface area contributed by atoms with Crippen LogP contribution in [0, 0.1) is 27.4 Å². The molecule has 0 aliphatic carbocycles. The maximum absolute atomic E-state index is 5.71. The summed E-state index contributed by atoms with van der Waals surface area (Å²) in [6.45, 7) is 11.5. The first-order chi connectivity index (χ1) is 15.4. The second-order valence-corrected chi connectivity index (χ2v) is 10.7. The van der Waals surface area contributed by atoms with Crippen LogP contribution >= 0.6 is 0 Å². The standard InChI is InChI=1S/C14H17N2O.C11H9N.2CH3.Al/c1-11-8-12(2)14(13(3)9-11)16-5-4-15(10-16)6-7-17;1-2-5-10(6-3-1)11-7-4-8-12-9-11;;;/h4-5,8-9H,6-7H2,1-3H3;1-9H;2*1H3;/q-1;;;;+1. The number of aromatic nitrogens is 1. The third kappa shape index (κ3) is 6.97. The van der Waals surface area contributed by atoms with E-state index in [1.807, 2.05) is 30.5 Å².